The number of nitrogens with one attached hydrogen (secondary N) is 2. The molecule has 1 heterocycles. The average Bonchev–Trinajstić information content (AvgIpc) is 2.68. The highest BCUT2D eigenvalue weighted by atomic mass is 16.7. The van der Waals surface area contributed by atoms with Crippen molar-refractivity contribution >= 4 is 29.8 Å². The predicted molar refractivity (Wildman–Crippen MR) is 90.7 cm³/mol. The lowest BCUT2D eigenvalue weighted by molar-refractivity contribution is 0.00578. The smallest absolute Gasteiger partial charge is 0.399 e. The van der Waals surface area contributed by atoms with E-state index >= 15 is 0 Å². The van der Waals surface area contributed by atoms with Crippen LogP contribution in [-0.4, -0.2) is 29.9 Å². The van der Waals surface area contributed by atoms with Gasteiger partial charge < -0.3 is 15.0 Å². The van der Waals surface area contributed by atoms with Gasteiger partial charge in [0, 0.05) is 0 Å². The summed E-state index contributed by atoms with van der Waals surface area (Å²) in [6.45, 7) is 8.01. The largest absolute Gasteiger partial charge is 0.494 e. The Kier molecular flexibility index (Phi) is 4.45. The molecule has 4 N–H and O–H groups in total. The van der Waals surface area contributed by atoms with E-state index in [9.17, 15) is 0 Å². The molecule has 7 nitrogen and oxygen atoms in total. The fraction of sp³-hybridized carbons (Fsp3) is 0.400. The highest BCUT2D eigenvalue weighted by molar-refractivity contribution is 6.62. The second-order valence-corrected chi connectivity index (χ2v) is 6.31. The first-order valence-corrected chi connectivity index (χ1v) is 7.20. The zero-order valence-corrected chi connectivity index (χ0v) is 13.7. The van der Waals surface area contributed by atoms with Crippen molar-refractivity contribution in [1.29, 1.82) is 10.7 Å². The first kappa shape index (κ1) is 17.0. The Bertz CT molecular complexity index is 660. The summed E-state index contributed by atoms with van der Waals surface area (Å²) < 4.78 is 12.0. The molecule has 0 aromatic heterocycles. The van der Waals surface area contributed by atoms with Crippen LogP contribution >= 0.6 is 0 Å². The third-order valence-corrected chi connectivity index (χ3v) is 4.09. The normalized spacial score (nSPS) is 19.3. The molecule has 1 aliphatic heterocycles. The van der Waals surface area contributed by atoms with Crippen LogP contribution in [0.1, 0.15) is 27.7 Å². The third kappa shape index (κ3) is 3.52. The summed E-state index contributed by atoms with van der Waals surface area (Å²) >= 11 is 0. The molecule has 1 saturated heterocycles. The summed E-state index contributed by atoms with van der Waals surface area (Å²) in [5.41, 5.74) is 8.54. The Hall–Kier alpha value is -2.37. The van der Waals surface area contributed by atoms with Crippen LogP contribution in [-0.2, 0) is 9.31 Å². The van der Waals surface area contributed by atoms with Gasteiger partial charge in [0.25, 0.3) is 0 Å². The van der Waals surface area contributed by atoms with Gasteiger partial charge in [-0.15, -0.1) is 0 Å². The lowest BCUT2D eigenvalue weighted by atomic mass is 9.79. The minimum atomic E-state index is -0.426. The van der Waals surface area contributed by atoms with Crippen LogP contribution in [0, 0.1) is 16.7 Å². The van der Waals surface area contributed by atoms with Crippen LogP contribution < -0.4 is 16.6 Å². The van der Waals surface area contributed by atoms with E-state index in [1.54, 1.807) is 18.2 Å². The van der Waals surface area contributed by atoms with Crippen molar-refractivity contribution in [2.75, 3.05) is 5.43 Å². The summed E-state index contributed by atoms with van der Waals surface area (Å²) in [5.74, 6) is -0.381. The average molecular weight is 313 g/mol. The highest BCUT2D eigenvalue weighted by Crippen LogP contribution is 2.36. The second-order valence-electron chi connectivity index (χ2n) is 6.31. The van der Waals surface area contributed by atoms with Gasteiger partial charge in [-0.25, -0.2) is 0 Å². The SMILES string of the molecule is CC1(C)OB(c2ccc(N/N=C(\C#N)C(=N)N)cc2)OC1(C)C. The van der Waals surface area contributed by atoms with E-state index in [0.29, 0.717) is 5.69 Å². The Morgan fingerprint density at radius 3 is 2.17 bits per heavy atom. The summed E-state index contributed by atoms with van der Waals surface area (Å²) in [5, 5.41) is 19.8. The number of hydrazone groups is 1. The van der Waals surface area contributed by atoms with E-state index in [2.05, 4.69) is 10.5 Å². The molecular weight excluding hydrogens is 293 g/mol. The summed E-state index contributed by atoms with van der Waals surface area (Å²) in [6.07, 6.45) is 0. The number of amidine groups is 1. The van der Waals surface area contributed by atoms with E-state index < -0.39 is 7.12 Å². The number of benzene rings is 1. The van der Waals surface area contributed by atoms with E-state index in [0.717, 1.165) is 5.46 Å². The van der Waals surface area contributed by atoms with Crippen molar-refractivity contribution in [3.63, 3.8) is 0 Å². The van der Waals surface area contributed by atoms with Gasteiger partial charge in [0.15, 0.2) is 5.84 Å². The molecule has 2 rings (SSSR count). The number of nitriles is 1. The molecule has 23 heavy (non-hydrogen) atoms. The molecule has 0 aliphatic carbocycles. The van der Waals surface area contributed by atoms with Crippen molar-refractivity contribution in [3.8, 4) is 6.07 Å². The first-order chi connectivity index (χ1) is 10.7. The Balaban J connectivity index is 2.10. The maximum atomic E-state index is 8.79. The number of nitrogens with zero attached hydrogens (tertiary/aromatic N) is 2. The van der Waals surface area contributed by atoms with Crippen molar-refractivity contribution in [2.24, 2.45) is 10.8 Å². The van der Waals surface area contributed by atoms with Crippen LogP contribution in [0.15, 0.2) is 29.4 Å². The number of hydrogen-bond acceptors (Lipinski definition) is 6. The lowest BCUT2D eigenvalue weighted by Crippen LogP contribution is -2.41. The topological polar surface area (TPSA) is 117 Å². The number of nitrogens with two attached hydrogens (primary N) is 1. The van der Waals surface area contributed by atoms with Crippen LogP contribution in [0.3, 0.4) is 0 Å². The quantitative estimate of drug-likeness (QED) is 0.334. The van der Waals surface area contributed by atoms with Crippen molar-refractivity contribution < 1.29 is 9.31 Å². The van der Waals surface area contributed by atoms with Gasteiger partial charge in [0.1, 0.15) is 6.07 Å². The Morgan fingerprint density at radius 1 is 1.22 bits per heavy atom. The fourth-order valence-electron chi connectivity index (χ4n) is 1.96. The van der Waals surface area contributed by atoms with Gasteiger partial charge in [-0.05, 0) is 45.3 Å². The van der Waals surface area contributed by atoms with Crippen molar-refractivity contribution in [3.05, 3.63) is 24.3 Å². The molecule has 0 saturated carbocycles. The zero-order chi connectivity index (χ0) is 17.3. The molecule has 0 radical (unpaired) electrons. The monoisotopic (exact) mass is 313 g/mol. The molecule has 8 heteroatoms. The van der Waals surface area contributed by atoms with Gasteiger partial charge in [-0.1, -0.05) is 12.1 Å². The fourth-order valence-corrected chi connectivity index (χ4v) is 1.96. The molecule has 0 bridgehead atoms. The van der Waals surface area contributed by atoms with E-state index in [1.807, 2.05) is 39.8 Å². The standard InChI is InChI=1S/C15H20BN5O2/c1-14(2)15(3,4)23-16(22-14)10-5-7-11(8-6-10)20-21-12(9-17)13(18)19/h5-8,20H,1-4H3,(H3,18,19)/b21-12+. The third-order valence-electron chi connectivity index (χ3n) is 4.09. The lowest BCUT2D eigenvalue weighted by Gasteiger charge is -2.32. The number of hydrogen-bond donors (Lipinski definition) is 3. The highest BCUT2D eigenvalue weighted by Gasteiger charge is 2.51. The molecule has 120 valence electrons. The maximum Gasteiger partial charge on any atom is 0.494 e. The van der Waals surface area contributed by atoms with E-state index in [4.69, 9.17) is 25.7 Å². The second kappa shape index (κ2) is 6.03. The molecule has 0 unspecified atom stereocenters. The summed E-state index contributed by atoms with van der Waals surface area (Å²) in [4.78, 5) is 0. The van der Waals surface area contributed by atoms with Crippen LogP contribution in [0.25, 0.3) is 0 Å². The molecule has 1 aromatic carbocycles. The van der Waals surface area contributed by atoms with Crippen molar-refractivity contribution in [1.82, 2.24) is 0 Å². The number of rotatable bonds is 4. The van der Waals surface area contributed by atoms with Gasteiger partial charge in [-0.2, -0.15) is 10.4 Å². The number of anilines is 1. The Labute approximate surface area is 136 Å². The summed E-state index contributed by atoms with van der Waals surface area (Å²) in [7, 11) is -0.426. The van der Waals surface area contributed by atoms with E-state index in [-0.39, 0.29) is 22.7 Å². The molecule has 0 spiro atoms. The minimum Gasteiger partial charge on any atom is -0.399 e. The molecule has 1 aromatic rings. The predicted octanol–water partition coefficient (Wildman–Crippen LogP) is 1.21. The Morgan fingerprint density at radius 2 is 1.74 bits per heavy atom. The molecule has 0 amide bonds. The first-order valence-electron chi connectivity index (χ1n) is 7.20. The summed E-state index contributed by atoms with van der Waals surface area (Å²) in [6, 6.07) is 9.05. The van der Waals surface area contributed by atoms with Crippen LogP contribution in [0.2, 0.25) is 0 Å². The van der Waals surface area contributed by atoms with Crippen molar-refractivity contribution in [2.45, 2.75) is 38.9 Å². The minimum absolute atomic E-state index is 0.167. The zero-order valence-electron chi connectivity index (χ0n) is 13.7. The van der Waals surface area contributed by atoms with Gasteiger partial charge >= 0.3 is 7.12 Å². The van der Waals surface area contributed by atoms with Crippen LogP contribution in [0.5, 0.6) is 0 Å². The van der Waals surface area contributed by atoms with Crippen LogP contribution in [0.4, 0.5) is 5.69 Å². The molecule has 0 atom stereocenters. The molecule has 1 aliphatic rings. The van der Waals surface area contributed by atoms with Gasteiger partial charge in [0.2, 0.25) is 5.71 Å². The van der Waals surface area contributed by atoms with E-state index in [1.165, 1.54) is 0 Å². The van der Waals surface area contributed by atoms with Gasteiger partial charge in [0.05, 0.1) is 16.9 Å². The molecule has 1 fully saturated rings. The van der Waals surface area contributed by atoms with Gasteiger partial charge in [-0.3, -0.25) is 10.8 Å². The maximum absolute atomic E-state index is 8.79. The molecular formula is C15H20BN5O2.